The number of rotatable bonds is 2. The maximum atomic E-state index is 13.5. The summed E-state index contributed by atoms with van der Waals surface area (Å²) in [6, 6.07) is 5.28. The minimum atomic E-state index is -0.645. The fourth-order valence-corrected chi connectivity index (χ4v) is 2.71. The van der Waals surface area contributed by atoms with Crippen molar-refractivity contribution >= 4 is 5.69 Å². The standard InChI is InChI=1S/C14H13FN2O3/c15-9-6-10(8-11(7-9)17(19)20)16-5-4-12-13(16)2-1-3-14(12)18/h4-8,14,18H,1-3H2. The van der Waals surface area contributed by atoms with Crippen LogP contribution in [-0.2, 0) is 6.42 Å². The van der Waals surface area contributed by atoms with Crippen molar-refractivity contribution in [1.82, 2.24) is 4.57 Å². The number of nitrogens with zero attached hydrogens (tertiary/aromatic N) is 2. The molecule has 5 nitrogen and oxygen atoms in total. The molecule has 0 saturated heterocycles. The van der Waals surface area contributed by atoms with Crippen molar-refractivity contribution in [3.8, 4) is 5.69 Å². The van der Waals surface area contributed by atoms with Crippen LogP contribution in [0.3, 0.4) is 0 Å². The van der Waals surface area contributed by atoms with E-state index in [1.807, 2.05) is 0 Å². The Morgan fingerprint density at radius 2 is 2.20 bits per heavy atom. The van der Waals surface area contributed by atoms with E-state index in [4.69, 9.17) is 0 Å². The van der Waals surface area contributed by atoms with Crippen molar-refractivity contribution in [3.05, 3.63) is 57.7 Å². The predicted molar refractivity (Wildman–Crippen MR) is 70.3 cm³/mol. The Balaban J connectivity index is 2.12. The molecule has 0 fully saturated rings. The lowest BCUT2D eigenvalue weighted by atomic mass is 9.95. The van der Waals surface area contributed by atoms with Gasteiger partial charge in [-0.15, -0.1) is 0 Å². The van der Waals surface area contributed by atoms with E-state index in [2.05, 4.69) is 0 Å². The van der Waals surface area contributed by atoms with Crippen LogP contribution < -0.4 is 0 Å². The second kappa shape index (κ2) is 4.72. The van der Waals surface area contributed by atoms with Crippen molar-refractivity contribution in [2.24, 2.45) is 0 Å². The molecule has 1 aliphatic rings. The molecule has 0 spiro atoms. The normalized spacial score (nSPS) is 17.8. The van der Waals surface area contributed by atoms with Gasteiger partial charge in [-0.05, 0) is 31.4 Å². The number of fused-ring (bicyclic) bond motifs is 1. The molecule has 6 heteroatoms. The molecule has 2 aromatic rings. The number of nitro groups is 1. The van der Waals surface area contributed by atoms with E-state index in [9.17, 15) is 19.6 Å². The molecule has 1 unspecified atom stereocenters. The minimum Gasteiger partial charge on any atom is -0.388 e. The van der Waals surface area contributed by atoms with Crippen LogP contribution in [0.1, 0.15) is 30.2 Å². The third-order valence-electron chi connectivity index (χ3n) is 3.63. The molecule has 0 saturated carbocycles. The number of non-ortho nitro benzene ring substituents is 1. The van der Waals surface area contributed by atoms with Gasteiger partial charge in [0.15, 0.2) is 0 Å². The lowest BCUT2D eigenvalue weighted by molar-refractivity contribution is -0.385. The Labute approximate surface area is 114 Å². The molecule has 0 radical (unpaired) electrons. The van der Waals surface area contributed by atoms with Gasteiger partial charge in [0, 0.05) is 23.5 Å². The summed E-state index contributed by atoms with van der Waals surface area (Å²) in [6.07, 6.45) is 3.53. The topological polar surface area (TPSA) is 68.3 Å². The van der Waals surface area contributed by atoms with Crippen LogP contribution in [0, 0.1) is 15.9 Å². The van der Waals surface area contributed by atoms with Crippen LogP contribution in [0.25, 0.3) is 5.69 Å². The predicted octanol–water partition coefficient (Wildman–Crippen LogP) is 2.89. The molecule has 0 bridgehead atoms. The first-order chi connectivity index (χ1) is 9.56. The summed E-state index contributed by atoms with van der Waals surface area (Å²) >= 11 is 0. The molecule has 1 aromatic heterocycles. The van der Waals surface area contributed by atoms with Crippen molar-refractivity contribution in [2.75, 3.05) is 0 Å². The van der Waals surface area contributed by atoms with E-state index in [-0.39, 0.29) is 5.69 Å². The van der Waals surface area contributed by atoms with Crippen LogP contribution in [0.2, 0.25) is 0 Å². The van der Waals surface area contributed by atoms with Crippen molar-refractivity contribution in [1.29, 1.82) is 0 Å². The molecule has 20 heavy (non-hydrogen) atoms. The van der Waals surface area contributed by atoms with Crippen LogP contribution >= 0.6 is 0 Å². The highest BCUT2D eigenvalue weighted by atomic mass is 19.1. The summed E-state index contributed by atoms with van der Waals surface area (Å²) in [5.74, 6) is -0.645. The summed E-state index contributed by atoms with van der Waals surface area (Å²) in [7, 11) is 0. The van der Waals surface area contributed by atoms with Crippen LogP contribution in [0.5, 0.6) is 0 Å². The molecule has 0 amide bonds. The van der Waals surface area contributed by atoms with Crippen LogP contribution in [0.15, 0.2) is 30.5 Å². The molecule has 1 atom stereocenters. The Morgan fingerprint density at radius 1 is 1.40 bits per heavy atom. The highest BCUT2D eigenvalue weighted by Gasteiger charge is 2.22. The summed E-state index contributed by atoms with van der Waals surface area (Å²) in [4.78, 5) is 10.2. The van der Waals surface area contributed by atoms with Crippen molar-refractivity contribution < 1.29 is 14.4 Å². The molecule has 1 aliphatic carbocycles. The van der Waals surface area contributed by atoms with E-state index in [1.54, 1.807) is 16.8 Å². The number of aliphatic hydroxyl groups is 1. The maximum absolute atomic E-state index is 13.5. The molecule has 104 valence electrons. The van der Waals surface area contributed by atoms with Gasteiger partial charge in [-0.2, -0.15) is 0 Å². The van der Waals surface area contributed by atoms with Gasteiger partial charge < -0.3 is 9.67 Å². The smallest absolute Gasteiger partial charge is 0.274 e. The van der Waals surface area contributed by atoms with Gasteiger partial charge in [0.1, 0.15) is 5.82 Å². The van der Waals surface area contributed by atoms with E-state index in [0.29, 0.717) is 12.1 Å². The molecule has 1 heterocycles. The number of hydrogen-bond donors (Lipinski definition) is 1. The van der Waals surface area contributed by atoms with E-state index in [0.717, 1.165) is 30.2 Å². The lowest BCUT2D eigenvalue weighted by Gasteiger charge is -2.20. The molecule has 1 aromatic carbocycles. The van der Waals surface area contributed by atoms with Gasteiger partial charge in [-0.25, -0.2) is 4.39 Å². The highest BCUT2D eigenvalue weighted by Crippen LogP contribution is 2.32. The third kappa shape index (κ3) is 2.08. The van der Waals surface area contributed by atoms with Gasteiger partial charge in [-0.3, -0.25) is 10.1 Å². The summed E-state index contributed by atoms with van der Waals surface area (Å²) in [5, 5.41) is 20.7. The first-order valence-electron chi connectivity index (χ1n) is 6.40. The number of nitro benzene ring substituents is 1. The van der Waals surface area contributed by atoms with Gasteiger partial charge in [0.25, 0.3) is 5.69 Å². The second-order valence-electron chi connectivity index (χ2n) is 4.92. The Kier molecular flexibility index (Phi) is 3.02. The van der Waals surface area contributed by atoms with Gasteiger partial charge >= 0.3 is 0 Å². The monoisotopic (exact) mass is 276 g/mol. The first-order valence-corrected chi connectivity index (χ1v) is 6.40. The SMILES string of the molecule is O=[N+]([O-])c1cc(F)cc(-n2ccc3c2CCCC3O)c1. The molecule has 0 aliphatic heterocycles. The maximum Gasteiger partial charge on any atom is 0.274 e. The van der Waals surface area contributed by atoms with Gasteiger partial charge in [0.05, 0.1) is 22.8 Å². The lowest BCUT2D eigenvalue weighted by Crippen LogP contribution is -2.11. The molecule has 1 N–H and O–H groups in total. The zero-order valence-electron chi connectivity index (χ0n) is 10.6. The Morgan fingerprint density at radius 3 is 2.95 bits per heavy atom. The summed E-state index contributed by atoms with van der Waals surface area (Å²) < 4.78 is 15.2. The molecule has 3 rings (SSSR count). The van der Waals surface area contributed by atoms with E-state index < -0.39 is 16.8 Å². The largest absolute Gasteiger partial charge is 0.388 e. The summed E-state index contributed by atoms with van der Waals surface area (Å²) in [6.45, 7) is 0. The zero-order valence-corrected chi connectivity index (χ0v) is 10.6. The number of aliphatic hydroxyl groups excluding tert-OH is 1. The van der Waals surface area contributed by atoms with Crippen molar-refractivity contribution in [2.45, 2.75) is 25.4 Å². The van der Waals surface area contributed by atoms with Crippen molar-refractivity contribution in [3.63, 3.8) is 0 Å². The number of benzene rings is 1. The molecular weight excluding hydrogens is 263 g/mol. The molecular formula is C14H13FN2O3. The van der Waals surface area contributed by atoms with E-state index >= 15 is 0 Å². The summed E-state index contributed by atoms with van der Waals surface area (Å²) in [5.41, 5.74) is 1.85. The van der Waals surface area contributed by atoms with Crippen LogP contribution in [0.4, 0.5) is 10.1 Å². The zero-order chi connectivity index (χ0) is 14.3. The van der Waals surface area contributed by atoms with Gasteiger partial charge in [0.2, 0.25) is 0 Å². The highest BCUT2D eigenvalue weighted by molar-refractivity contribution is 5.47. The average Bonchev–Trinajstić information content (AvgIpc) is 2.83. The van der Waals surface area contributed by atoms with Gasteiger partial charge in [-0.1, -0.05) is 0 Å². The van der Waals surface area contributed by atoms with Crippen LogP contribution in [-0.4, -0.2) is 14.6 Å². The minimum absolute atomic E-state index is 0.279. The first kappa shape index (κ1) is 12.8. The fourth-order valence-electron chi connectivity index (χ4n) is 2.71. The Hall–Kier alpha value is -2.21. The second-order valence-corrected chi connectivity index (χ2v) is 4.92. The fraction of sp³-hybridized carbons (Fsp3) is 0.286. The number of halogens is 1. The average molecular weight is 276 g/mol. The third-order valence-corrected chi connectivity index (χ3v) is 3.63. The quantitative estimate of drug-likeness (QED) is 0.677. The Bertz CT molecular complexity index is 681. The number of hydrogen-bond acceptors (Lipinski definition) is 3. The van der Waals surface area contributed by atoms with E-state index in [1.165, 1.54) is 12.1 Å². The number of aromatic nitrogens is 1.